The van der Waals surface area contributed by atoms with Crippen LogP contribution in [0.5, 0.6) is 0 Å². The lowest BCUT2D eigenvalue weighted by Gasteiger charge is -2.24. The molecule has 3 atom stereocenters. The van der Waals surface area contributed by atoms with E-state index in [0.29, 0.717) is 18.0 Å². The summed E-state index contributed by atoms with van der Waals surface area (Å²) in [5, 5.41) is 2.19. The number of nitrogens with zero attached hydrogens (tertiary/aromatic N) is 1. The van der Waals surface area contributed by atoms with Crippen LogP contribution in [0.25, 0.3) is 0 Å². The molecule has 1 aromatic rings. The first-order valence-electron chi connectivity index (χ1n) is 6.13. The molecule has 90 valence electrons. The molecule has 3 heteroatoms. The lowest BCUT2D eigenvalue weighted by molar-refractivity contribution is 0.251. The SMILES string of the molecule is Cc1ccsc1C(C)N1CCC(C(C)N)C1. The van der Waals surface area contributed by atoms with E-state index in [1.807, 2.05) is 11.3 Å². The highest BCUT2D eigenvalue weighted by Crippen LogP contribution is 2.32. The van der Waals surface area contributed by atoms with Crippen molar-refractivity contribution in [3.63, 3.8) is 0 Å². The van der Waals surface area contributed by atoms with Gasteiger partial charge in [0.2, 0.25) is 0 Å². The van der Waals surface area contributed by atoms with Crippen LogP contribution in [-0.2, 0) is 0 Å². The van der Waals surface area contributed by atoms with Crippen molar-refractivity contribution in [2.24, 2.45) is 11.7 Å². The summed E-state index contributed by atoms with van der Waals surface area (Å²) in [7, 11) is 0. The largest absolute Gasteiger partial charge is 0.328 e. The minimum absolute atomic E-state index is 0.335. The van der Waals surface area contributed by atoms with Crippen LogP contribution in [0.2, 0.25) is 0 Å². The lowest BCUT2D eigenvalue weighted by atomic mass is 10.0. The number of rotatable bonds is 3. The standard InChI is InChI=1S/C13H22N2S/c1-9-5-7-16-13(9)11(3)15-6-4-12(8-15)10(2)14/h5,7,10-12H,4,6,8,14H2,1-3H3. The van der Waals surface area contributed by atoms with Gasteiger partial charge in [-0.1, -0.05) is 0 Å². The fourth-order valence-corrected chi connectivity index (χ4v) is 3.59. The summed E-state index contributed by atoms with van der Waals surface area (Å²) in [6.45, 7) is 9.03. The number of thiophene rings is 1. The number of hydrogen-bond donors (Lipinski definition) is 1. The topological polar surface area (TPSA) is 29.3 Å². The van der Waals surface area contributed by atoms with Gasteiger partial charge in [-0.05, 0) is 56.7 Å². The highest BCUT2D eigenvalue weighted by atomic mass is 32.1. The quantitative estimate of drug-likeness (QED) is 0.877. The van der Waals surface area contributed by atoms with E-state index in [4.69, 9.17) is 5.73 Å². The third-order valence-electron chi connectivity index (χ3n) is 3.83. The Labute approximate surface area is 102 Å². The molecule has 0 amide bonds. The van der Waals surface area contributed by atoms with Crippen molar-refractivity contribution in [1.29, 1.82) is 0 Å². The molecule has 1 aliphatic rings. The van der Waals surface area contributed by atoms with Gasteiger partial charge in [-0.2, -0.15) is 0 Å². The van der Waals surface area contributed by atoms with Gasteiger partial charge >= 0.3 is 0 Å². The summed E-state index contributed by atoms with van der Waals surface area (Å²) in [5.74, 6) is 0.683. The van der Waals surface area contributed by atoms with Crippen LogP contribution in [0, 0.1) is 12.8 Å². The summed E-state index contributed by atoms with van der Waals surface area (Å²) < 4.78 is 0. The van der Waals surface area contributed by atoms with Crippen LogP contribution < -0.4 is 5.73 Å². The first-order chi connectivity index (χ1) is 7.59. The average Bonchev–Trinajstić information content (AvgIpc) is 2.84. The molecule has 2 nitrogen and oxygen atoms in total. The molecule has 16 heavy (non-hydrogen) atoms. The normalized spacial score (nSPS) is 25.9. The molecule has 1 aromatic heterocycles. The van der Waals surface area contributed by atoms with Crippen molar-refractivity contribution in [1.82, 2.24) is 4.90 Å². The monoisotopic (exact) mass is 238 g/mol. The van der Waals surface area contributed by atoms with Gasteiger partial charge in [0.25, 0.3) is 0 Å². The van der Waals surface area contributed by atoms with Crippen LogP contribution >= 0.6 is 11.3 Å². The molecule has 0 aliphatic carbocycles. The third-order valence-corrected chi connectivity index (χ3v) is 5.02. The molecule has 0 aromatic carbocycles. The van der Waals surface area contributed by atoms with E-state index >= 15 is 0 Å². The van der Waals surface area contributed by atoms with Crippen molar-refractivity contribution < 1.29 is 0 Å². The molecule has 2 rings (SSSR count). The fourth-order valence-electron chi connectivity index (χ4n) is 2.57. The van der Waals surface area contributed by atoms with Crippen molar-refractivity contribution >= 4 is 11.3 Å². The minimum Gasteiger partial charge on any atom is -0.328 e. The second-order valence-corrected chi connectivity index (χ2v) is 5.99. The second-order valence-electron chi connectivity index (χ2n) is 5.05. The van der Waals surface area contributed by atoms with Crippen molar-refractivity contribution in [3.8, 4) is 0 Å². The molecule has 0 spiro atoms. The summed E-state index contributed by atoms with van der Waals surface area (Å²) >= 11 is 1.88. The van der Waals surface area contributed by atoms with Gasteiger partial charge in [-0.25, -0.2) is 0 Å². The summed E-state index contributed by atoms with van der Waals surface area (Å²) in [4.78, 5) is 4.10. The summed E-state index contributed by atoms with van der Waals surface area (Å²) in [6.07, 6.45) is 1.26. The molecule has 2 N–H and O–H groups in total. The van der Waals surface area contributed by atoms with Gasteiger partial charge in [0.15, 0.2) is 0 Å². The van der Waals surface area contributed by atoms with Crippen LogP contribution in [0.1, 0.15) is 36.8 Å². The number of aryl methyl sites for hydroxylation is 1. The van der Waals surface area contributed by atoms with Gasteiger partial charge in [-0.15, -0.1) is 11.3 Å². The van der Waals surface area contributed by atoms with Crippen LogP contribution in [-0.4, -0.2) is 24.0 Å². The predicted molar refractivity (Wildman–Crippen MR) is 70.8 cm³/mol. The maximum Gasteiger partial charge on any atom is 0.0416 e. The maximum atomic E-state index is 5.98. The summed E-state index contributed by atoms with van der Waals surface area (Å²) in [6, 6.07) is 3.11. The molecular formula is C13H22N2S. The summed E-state index contributed by atoms with van der Waals surface area (Å²) in [5.41, 5.74) is 7.42. The zero-order valence-corrected chi connectivity index (χ0v) is 11.3. The smallest absolute Gasteiger partial charge is 0.0416 e. The minimum atomic E-state index is 0.335. The Hall–Kier alpha value is -0.380. The first-order valence-corrected chi connectivity index (χ1v) is 7.01. The zero-order valence-electron chi connectivity index (χ0n) is 10.4. The lowest BCUT2D eigenvalue weighted by Crippen LogP contribution is -2.30. The van der Waals surface area contributed by atoms with E-state index in [9.17, 15) is 0 Å². The van der Waals surface area contributed by atoms with E-state index in [0.717, 1.165) is 6.54 Å². The van der Waals surface area contributed by atoms with Gasteiger partial charge in [-0.3, -0.25) is 4.90 Å². The molecule has 2 heterocycles. The highest BCUT2D eigenvalue weighted by Gasteiger charge is 2.29. The van der Waals surface area contributed by atoms with Crippen molar-refractivity contribution in [2.75, 3.05) is 13.1 Å². The molecule has 1 fully saturated rings. The Balaban J connectivity index is 2.02. The first kappa shape index (κ1) is 12.1. The Morgan fingerprint density at radius 2 is 2.25 bits per heavy atom. The van der Waals surface area contributed by atoms with E-state index in [1.54, 1.807) is 0 Å². The molecule has 1 aliphatic heterocycles. The maximum absolute atomic E-state index is 5.98. The Kier molecular flexibility index (Phi) is 3.67. The zero-order chi connectivity index (χ0) is 11.7. The fraction of sp³-hybridized carbons (Fsp3) is 0.692. The Morgan fingerprint density at radius 1 is 1.50 bits per heavy atom. The van der Waals surface area contributed by atoms with Gasteiger partial charge < -0.3 is 5.73 Å². The third kappa shape index (κ3) is 2.31. The van der Waals surface area contributed by atoms with E-state index < -0.39 is 0 Å². The average molecular weight is 238 g/mol. The number of likely N-dealkylation sites (tertiary alicyclic amines) is 1. The molecule has 0 radical (unpaired) electrons. The molecule has 0 saturated carbocycles. The van der Waals surface area contributed by atoms with E-state index in [1.165, 1.54) is 23.4 Å². The molecular weight excluding hydrogens is 216 g/mol. The van der Waals surface area contributed by atoms with Gasteiger partial charge in [0.05, 0.1) is 0 Å². The van der Waals surface area contributed by atoms with Crippen molar-refractivity contribution in [3.05, 3.63) is 21.9 Å². The Morgan fingerprint density at radius 3 is 2.75 bits per heavy atom. The number of nitrogens with two attached hydrogens (primary N) is 1. The van der Waals surface area contributed by atoms with E-state index in [-0.39, 0.29) is 0 Å². The molecule has 3 unspecified atom stereocenters. The Bertz CT molecular complexity index is 345. The molecule has 1 saturated heterocycles. The van der Waals surface area contributed by atoms with Crippen LogP contribution in [0.3, 0.4) is 0 Å². The highest BCUT2D eigenvalue weighted by molar-refractivity contribution is 7.10. The molecule has 0 bridgehead atoms. The van der Waals surface area contributed by atoms with Crippen LogP contribution in [0.15, 0.2) is 11.4 Å². The van der Waals surface area contributed by atoms with Crippen molar-refractivity contribution in [2.45, 2.75) is 39.3 Å². The second kappa shape index (κ2) is 4.86. The van der Waals surface area contributed by atoms with Crippen LogP contribution in [0.4, 0.5) is 0 Å². The number of hydrogen-bond acceptors (Lipinski definition) is 3. The van der Waals surface area contributed by atoms with E-state index in [2.05, 4.69) is 37.1 Å². The van der Waals surface area contributed by atoms with Gasteiger partial charge in [0, 0.05) is 23.5 Å². The predicted octanol–water partition coefficient (Wildman–Crippen LogP) is 2.79. The van der Waals surface area contributed by atoms with Gasteiger partial charge in [0.1, 0.15) is 0 Å².